The van der Waals surface area contributed by atoms with Crippen LogP contribution in [-0.2, 0) is 0 Å². The van der Waals surface area contributed by atoms with Crippen molar-refractivity contribution in [3.8, 4) is 16.8 Å². The van der Waals surface area contributed by atoms with E-state index in [1.165, 1.54) is 49.7 Å². The van der Waals surface area contributed by atoms with Crippen molar-refractivity contribution in [1.29, 1.82) is 0 Å². The molecule has 0 saturated heterocycles. The summed E-state index contributed by atoms with van der Waals surface area (Å²) in [6.45, 7) is 0. The van der Waals surface area contributed by atoms with Gasteiger partial charge in [-0.3, -0.25) is 0 Å². The van der Waals surface area contributed by atoms with E-state index in [4.69, 9.17) is 0 Å². The van der Waals surface area contributed by atoms with Gasteiger partial charge in [0.1, 0.15) is 0 Å². The standard InChI is InChI=1S/C32H23N/c1-2-10-24(11-3-1)18-19-25-20-22-26(23-21-25)27-12-4-7-15-30(27)33-31-16-8-5-13-28(31)29-14-6-9-17-32(29)33/h1-23H. The van der Waals surface area contributed by atoms with E-state index >= 15 is 0 Å². The Hall–Kier alpha value is -4.36. The quantitative estimate of drug-likeness (QED) is 0.251. The highest BCUT2D eigenvalue weighted by Gasteiger charge is 2.14. The Morgan fingerprint density at radius 2 is 0.939 bits per heavy atom. The topological polar surface area (TPSA) is 4.93 Å². The van der Waals surface area contributed by atoms with Gasteiger partial charge in [-0.25, -0.2) is 0 Å². The van der Waals surface area contributed by atoms with E-state index in [9.17, 15) is 0 Å². The summed E-state index contributed by atoms with van der Waals surface area (Å²) in [5, 5.41) is 2.56. The van der Waals surface area contributed by atoms with Crippen LogP contribution in [0.2, 0.25) is 0 Å². The summed E-state index contributed by atoms with van der Waals surface area (Å²) in [7, 11) is 0. The molecule has 33 heavy (non-hydrogen) atoms. The second kappa shape index (κ2) is 8.29. The molecule has 1 nitrogen and oxygen atoms in total. The molecule has 0 atom stereocenters. The van der Waals surface area contributed by atoms with Crippen LogP contribution in [0.15, 0.2) is 127 Å². The van der Waals surface area contributed by atoms with Gasteiger partial charge in [-0.1, -0.05) is 121 Å². The number of para-hydroxylation sites is 3. The Bertz CT molecular complexity index is 1530. The summed E-state index contributed by atoms with van der Waals surface area (Å²) in [6.07, 6.45) is 4.32. The molecule has 1 heteroatoms. The van der Waals surface area contributed by atoms with Gasteiger partial charge >= 0.3 is 0 Å². The highest BCUT2D eigenvalue weighted by molar-refractivity contribution is 6.09. The Morgan fingerprint density at radius 3 is 1.61 bits per heavy atom. The average Bonchev–Trinajstić information content (AvgIpc) is 3.23. The zero-order chi connectivity index (χ0) is 22.0. The Kier molecular flexibility index (Phi) is 4.86. The summed E-state index contributed by atoms with van der Waals surface area (Å²) in [6, 6.07) is 45.2. The third-order valence-corrected chi connectivity index (χ3v) is 6.21. The van der Waals surface area contributed by atoms with Crippen LogP contribution in [0.1, 0.15) is 11.1 Å². The van der Waals surface area contributed by atoms with Gasteiger partial charge in [0.15, 0.2) is 0 Å². The van der Waals surface area contributed by atoms with Crippen LogP contribution in [0.4, 0.5) is 0 Å². The lowest BCUT2D eigenvalue weighted by atomic mass is 10.0. The van der Waals surface area contributed by atoms with Crippen molar-refractivity contribution < 1.29 is 0 Å². The van der Waals surface area contributed by atoms with Crippen LogP contribution < -0.4 is 0 Å². The fourth-order valence-electron chi connectivity index (χ4n) is 4.63. The van der Waals surface area contributed by atoms with Gasteiger partial charge in [0.05, 0.1) is 16.7 Å². The van der Waals surface area contributed by atoms with Gasteiger partial charge in [0, 0.05) is 16.3 Å². The molecule has 1 heterocycles. The number of rotatable bonds is 4. The predicted octanol–water partition coefficient (Wildman–Crippen LogP) is 8.62. The van der Waals surface area contributed by atoms with Crippen molar-refractivity contribution >= 4 is 34.0 Å². The molecule has 5 aromatic carbocycles. The molecule has 6 rings (SSSR count). The second-order valence-electron chi connectivity index (χ2n) is 8.25. The lowest BCUT2D eigenvalue weighted by Crippen LogP contribution is -1.96. The van der Waals surface area contributed by atoms with Crippen molar-refractivity contribution in [2.75, 3.05) is 0 Å². The van der Waals surface area contributed by atoms with Crippen LogP contribution >= 0.6 is 0 Å². The molecule has 0 N–H and O–H groups in total. The summed E-state index contributed by atoms with van der Waals surface area (Å²) in [5.74, 6) is 0. The van der Waals surface area contributed by atoms with E-state index in [0.29, 0.717) is 0 Å². The first-order valence-electron chi connectivity index (χ1n) is 11.3. The number of aromatic nitrogens is 1. The Balaban J connectivity index is 1.45. The SMILES string of the molecule is C(=Cc1ccc(-c2ccccc2-n2c3ccccc3c3ccccc32)cc1)c1ccccc1. The highest BCUT2D eigenvalue weighted by Crippen LogP contribution is 2.35. The van der Waals surface area contributed by atoms with Crippen LogP contribution in [0.5, 0.6) is 0 Å². The third kappa shape index (κ3) is 3.54. The maximum Gasteiger partial charge on any atom is 0.0541 e. The summed E-state index contributed by atoms with van der Waals surface area (Å²) >= 11 is 0. The van der Waals surface area contributed by atoms with Crippen molar-refractivity contribution in [2.24, 2.45) is 0 Å². The van der Waals surface area contributed by atoms with Crippen molar-refractivity contribution in [1.82, 2.24) is 4.57 Å². The van der Waals surface area contributed by atoms with Crippen LogP contribution in [0.3, 0.4) is 0 Å². The maximum atomic E-state index is 2.39. The Labute approximate surface area is 193 Å². The van der Waals surface area contributed by atoms with Crippen LogP contribution in [-0.4, -0.2) is 4.57 Å². The zero-order valence-electron chi connectivity index (χ0n) is 18.2. The molecule has 0 amide bonds. The van der Waals surface area contributed by atoms with E-state index in [2.05, 4.69) is 138 Å². The molecule has 0 aliphatic carbocycles. The highest BCUT2D eigenvalue weighted by atomic mass is 15.0. The smallest absolute Gasteiger partial charge is 0.0541 e. The van der Waals surface area contributed by atoms with Crippen LogP contribution in [0, 0.1) is 0 Å². The van der Waals surface area contributed by atoms with E-state index < -0.39 is 0 Å². The lowest BCUT2D eigenvalue weighted by molar-refractivity contribution is 1.18. The van der Waals surface area contributed by atoms with E-state index in [1.807, 2.05) is 6.07 Å². The molecule has 0 aliphatic rings. The van der Waals surface area contributed by atoms with Crippen molar-refractivity contribution in [2.45, 2.75) is 0 Å². The van der Waals surface area contributed by atoms with Crippen molar-refractivity contribution in [3.63, 3.8) is 0 Å². The van der Waals surface area contributed by atoms with Crippen LogP contribution in [0.25, 0.3) is 50.8 Å². The molecule has 0 bridgehead atoms. The number of fused-ring (bicyclic) bond motifs is 3. The zero-order valence-corrected chi connectivity index (χ0v) is 18.2. The van der Waals surface area contributed by atoms with Gasteiger partial charge in [-0.15, -0.1) is 0 Å². The molecule has 0 unspecified atom stereocenters. The van der Waals surface area contributed by atoms with E-state index in [-0.39, 0.29) is 0 Å². The molecular formula is C32H23N. The summed E-state index contributed by atoms with van der Waals surface area (Å²) in [4.78, 5) is 0. The van der Waals surface area contributed by atoms with Gasteiger partial charge in [0.2, 0.25) is 0 Å². The first-order chi connectivity index (χ1) is 16.4. The molecule has 1 aromatic heterocycles. The normalized spacial score (nSPS) is 11.5. The molecule has 6 aromatic rings. The fourth-order valence-corrected chi connectivity index (χ4v) is 4.63. The molecule has 0 radical (unpaired) electrons. The molecule has 0 aliphatic heterocycles. The monoisotopic (exact) mass is 421 g/mol. The predicted molar refractivity (Wildman–Crippen MR) is 142 cm³/mol. The number of nitrogens with zero attached hydrogens (tertiary/aromatic N) is 1. The fraction of sp³-hybridized carbons (Fsp3) is 0. The van der Waals surface area contributed by atoms with Gasteiger partial charge in [0.25, 0.3) is 0 Å². The minimum absolute atomic E-state index is 1.19. The third-order valence-electron chi connectivity index (χ3n) is 6.21. The second-order valence-corrected chi connectivity index (χ2v) is 8.25. The largest absolute Gasteiger partial charge is 0.309 e. The number of hydrogen-bond donors (Lipinski definition) is 0. The average molecular weight is 422 g/mol. The summed E-state index contributed by atoms with van der Waals surface area (Å²) in [5.41, 5.74) is 8.49. The van der Waals surface area contributed by atoms with E-state index in [1.54, 1.807) is 0 Å². The number of hydrogen-bond acceptors (Lipinski definition) is 0. The van der Waals surface area contributed by atoms with Gasteiger partial charge < -0.3 is 4.57 Å². The minimum Gasteiger partial charge on any atom is -0.309 e. The van der Waals surface area contributed by atoms with Gasteiger partial charge in [-0.05, 0) is 34.9 Å². The molecule has 156 valence electrons. The maximum absolute atomic E-state index is 2.39. The van der Waals surface area contributed by atoms with Crippen molar-refractivity contribution in [3.05, 3.63) is 139 Å². The molecular weight excluding hydrogens is 398 g/mol. The molecule has 0 spiro atoms. The Morgan fingerprint density at radius 1 is 0.424 bits per heavy atom. The minimum atomic E-state index is 1.19. The first-order valence-corrected chi connectivity index (χ1v) is 11.3. The molecule has 0 saturated carbocycles. The van der Waals surface area contributed by atoms with Gasteiger partial charge in [-0.2, -0.15) is 0 Å². The number of benzene rings is 5. The lowest BCUT2D eigenvalue weighted by Gasteiger charge is -2.14. The first kappa shape index (κ1) is 19.3. The summed E-state index contributed by atoms with van der Waals surface area (Å²) < 4.78 is 2.39. The van der Waals surface area contributed by atoms with E-state index in [0.717, 1.165) is 0 Å². The molecule has 0 fully saturated rings.